The summed E-state index contributed by atoms with van der Waals surface area (Å²) in [6, 6.07) is 3.18. The van der Waals surface area contributed by atoms with Gasteiger partial charge in [0.15, 0.2) is 36.4 Å². The van der Waals surface area contributed by atoms with Crippen LogP contribution in [0.25, 0.3) is 11.2 Å². The molecule has 0 aromatic carbocycles. The molecule has 39 nitrogen and oxygen atoms in total. The summed E-state index contributed by atoms with van der Waals surface area (Å²) in [5.41, 5.74) is 13.0. The number of phosphoric acid groups is 3. The monoisotopic (exact) mass is 1180 g/mol. The molecule has 79 heavy (non-hydrogen) atoms. The molecule has 9 heterocycles. The molecular formula is C37H48N13O26P3. The summed E-state index contributed by atoms with van der Waals surface area (Å²) in [6.07, 6.45) is -25.0. The molecule has 0 radical (unpaired) electrons. The van der Waals surface area contributed by atoms with Gasteiger partial charge in [-0.3, -0.25) is 55.2 Å². The third-order valence-corrected chi connectivity index (χ3v) is 15.4. The highest BCUT2D eigenvalue weighted by atomic mass is 31.2. The first-order valence-electron chi connectivity index (χ1n) is 22.8. The van der Waals surface area contributed by atoms with Gasteiger partial charge in [-0.1, -0.05) is 0 Å². The van der Waals surface area contributed by atoms with Crippen LogP contribution < -0.4 is 39.8 Å². The van der Waals surface area contributed by atoms with E-state index in [9.17, 15) is 78.2 Å². The van der Waals surface area contributed by atoms with Gasteiger partial charge in [0.05, 0.1) is 32.8 Å². The van der Waals surface area contributed by atoms with Crippen LogP contribution in [0.4, 0.5) is 17.5 Å². The Bertz CT molecular complexity index is 3440. The number of ether oxygens (including phenoxy) is 4. The second-order valence-electron chi connectivity index (χ2n) is 17.6. The molecule has 0 saturated carbocycles. The Balaban J connectivity index is 0.919. The predicted molar refractivity (Wildman–Crippen MR) is 252 cm³/mol. The molecule has 5 aromatic rings. The summed E-state index contributed by atoms with van der Waals surface area (Å²) in [6.45, 7) is -4.45. The normalized spacial score (nSPS) is 33.2. The first-order chi connectivity index (χ1) is 37.2. The number of hydrogen-bond donors (Lipinski definition) is 13. The highest BCUT2D eigenvalue weighted by Gasteiger charge is 2.55. The van der Waals surface area contributed by atoms with E-state index < -0.39 is 171 Å². The van der Waals surface area contributed by atoms with E-state index in [4.69, 9.17) is 63.3 Å². The SMILES string of the molecule is Nc1ccn([C@@H]2O[C@H](COP(=O)(O)O[C@H]3[C@@H](O)[C@H](n4cnc5c(N)ncnc54)O[C@@H]3COP(=O)(O)O[C@H]3[C@@H](O)[C@H](n4ccc(N)nc4=O)O[C@@H]3COP(=O)(O)O[C@H]3[C@@H](O)[C@H](n4ccc(=O)[nH]c4=O)O[C@@H]3CO)[C@@H](O)[C@H]2O)c(=O)n1. The van der Waals surface area contributed by atoms with Crippen molar-refractivity contribution in [2.45, 2.75) is 98.2 Å². The third kappa shape index (κ3) is 12.2. The standard InChI is InChI=1S/C37H48N13O26P3/c38-17-1-4-47(35(58)44-17)31-22(54)21(53)14(71-31)8-67-77(61,62)76-28-16(73-34(25(28)57)50-12-43-20-29(40)41-11-42-30(20)50)10-69-79(65,66)75-27-15(72-33(24(27)56)48-5-2-18(39)45-36(48)59)9-68-78(63,64)74-26-13(7-51)70-32(23(26)55)49-6-3-19(52)46-37(49)60/h1-6,11-16,21-28,31-34,51,53-57H,7-10H2,(H,61,62)(H,63,64)(H,65,66)(H2,38,44,58)(H2,39,45,59)(H2,40,41,42)(H,46,52,60)/t13-,14-,15-,16-,21-,22-,23-,24-,25-,26-,27-,28-,31-,32-,33-,34-/m1/s1. The van der Waals surface area contributed by atoms with Crippen molar-refractivity contribution < 1.29 is 105 Å². The van der Waals surface area contributed by atoms with Crippen molar-refractivity contribution in [1.29, 1.82) is 0 Å². The minimum absolute atomic E-state index is 0.00314. The summed E-state index contributed by atoms with van der Waals surface area (Å²) in [5, 5.41) is 65.5. The van der Waals surface area contributed by atoms with Crippen LogP contribution in [-0.4, -0.2) is 193 Å². The summed E-state index contributed by atoms with van der Waals surface area (Å²) < 4.78 is 98.0. The van der Waals surface area contributed by atoms with Crippen LogP contribution in [0.1, 0.15) is 24.9 Å². The predicted octanol–water partition coefficient (Wildman–Crippen LogP) is -6.47. The van der Waals surface area contributed by atoms with Crippen molar-refractivity contribution >= 4 is 52.1 Å². The molecule has 0 bridgehead atoms. The number of aliphatic hydroxyl groups excluding tert-OH is 6. The maximum Gasteiger partial charge on any atom is 0.472 e. The van der Waals surface area contributed by atoms with Crippen LogP contribution in [0.15, 0.2) is 68.6 Å². The van der Waals surface area contributed by atoms with E-state index in [0.29, 0.717) is 9.13 Å². The lowest BCUT2D eigenvalue weighted by Gasteiger charge is -2.26. The van der Waals surface area contributed by atoms with E-state index in [1.165, 1.54) is 6.07 Å². The number of nitrogens with zero attached hydrogens (tertiary/aromatic N) is 9. The number of H-pyrrole nitrogens is 1. The number of aliphatic hydroxyl groups is 6. The number of fused-ring (bicyclic) bond motifs is 1. The van der Waals surface area contributed by atoms with Crippen LogP contribution in [0.2, 0.25) is 0 Å². The molecular weight excluding hydrogens is 1140 g/mol. The summed E-state index contributed by atoms with van der Waals surface area (Å²) in [4.78, 5) is 103. The molecule has 4 saturated heterocycles. The number of phosphoric ester groups is 3. The number of nitrogens with two attached hydrogens (primary N) is 3. The Morgan fingerprint density at radius 2 is 0.987 bits per heavy atom. The number of rotatable bonds is 20. The Labute approximate surface area is 437 Å². The number of hydrogen-bond acceptors (Lipinski definition) is 31. The van der Waals surface area contributed by atoms with Gasteiger partial charge < -0.3 is 81.5 Å². The van der Waals surface area contributed by atoms with Crippen LogP contribution in [0.5, 0.6) is 0 Å². The Morgan fingerprint density at radius 3 is 1.48 bits per heavy atom. The molecule has 0 amide bonds. The second kappa shape index (κ2) is 22.7. The zero-order valence-electron chi connectivity index (χ0n) is 39.7. The highest BCUT2D eigenvalue weighted by Crippen LogP contribution is 2.54. The fourth-order valence-electron chi connectivity index (χ4n) is 8.73. The second-order valence-corrected chi connectivity index (χ2v) is 21.8. The molecule has 16 N–H and O–H groups in total. The maximum atomic E-state index is 13.9. The first kappa shape index (κ1) is 58.0. The summed E-state index contributed by atoms with van der Waals surface area (Å²) in [5.74, 6) is -0.580. The van der Waals surface area contributed by atoms with Gasteiger partial charge in [-0.15, -0.1) is 0 Å². The van der Waals surface area contributed by atoms with Crippen molar-refractivity contribution in [1.82, 2.24) is 48.2 Å². The largest absolute Gasteiger partial charge is 0.472 e. The molecule has 4 aliphatic rings. The third-order valence-electron chi connectivity index (χ3n) is 12.5. The number of nitrogens with one attached hydrogen (secondary N) is 1. The molecule has 19 atom stereocenters. The Morgan fingerprint density at radius 1 is 0.557 bits per heavy atom. The van der Waals surface area contributed by atoms with Gasteiger partial charge in [0.2, 0.25) is 0 Å². The van der Waals surface area contributed by atoms with Crippen molar-refractivity contribution in [3.8, 4) is 0 Å². The van der Waals surface area contributed by atoms with Crippen molar-refractivity contribution in [2.75, 3.05) is 43.6 Å². The van der Waals surface area contributed by atoms with Crippen LogP contribution in [0, 0.1) is 0 Å². The summed E-state index contributed by atoms with van der Waals surface area (Å²) >= 11 is 0. The topological polar surface area (TPSA) is 572 Å². The molecule has 42 heteroatoms. The average molecular weight is 1180 g/mol. The molecule has 4 aliphatic heterocycles. The first-order valence-corrected chi connectivity index (χ1v) is 27.3. The van der Waals surface area contributed by atoms with Crippen LogP contribution >= 0.6 is 23.5 Å². The number of aromatic amines is 1. The van der Waals surface area contributed by atoms with E-state index >= 15 is 0 Å². The van der Waals surface area contributed by atoms with Crippen molar-refractivity contribution in [2.24, 2.45) is 0 Å². The lowest BCUT2D eigenvalue weighted by Crippen LogP contribution is -2.39. The zero-order valence-corrected chi connectivity index (χ0v) is 42.4. The molecule has 4 fully saturated rings. The van der Waals surface area contributed by atoms with Crippen molar-refractivity contribution in [3.05, 3.63) is 91.3 Å². The Hall–Kier alpha value is -5.68. The quantitative estimate of drug-likeness (QED) is 0.0322. The molecule has 9 rings (SSSR count). The minimum Gasteiger partial charge on any atom is -0.394 e. The van der Waals surface area contributed by atoms with Gasteiger partial charge in [0.25, 0.3) is 5.56 Å². The summed E-state index contributed by atoms with van der Waals surface area (Å²) in [7, 11) is -16.7. The van der Waals surface area contributed by atoms with Gasteiger partial charge in [-0.05, 0) is 12.1 Å². The molecule has 3 unspecified atom stereocenters. The smallest absolute Gasteiger partial charge is 0.394 e. The van der Waals surface area contributed by atoms with Gasteiger partial charge in [-0.2, -0.15) is 9.97 Å². The van der Waals surface area contributed by atoms with Gasteiger partial charge in [0, 0.05) is 24.7 Å². The van der Waals surface area contributed by atoms with E-state index in [2.05, 4.69) is 24.9 Å². The number of aromatic nitrogens is 10. The van der Waals surface area contributed by atoms with Crippen LogP contribution in [-0.2, 0) is 59.8 Å². The number of anilines is 3. The van der Waals surface area contributed by atoms with Crippen LogP contribution in [0.3, 0.4) is 0 Å². The van der Waals surface area contributed by atoms with E-state index in [-0.39, 0.29) is 28.6 Å². The molecule has 432 valence electrons. The van der Waals surface area contributed by atoms with Gasteiger partial charge in [-0.25, -0.2) is 43.0 Å². The number of imidazole rings is 1. The molecule has 5 aromatic heterocycles. The lowest BCUT2D eigenvalue weighted by molar-refractivity contribution is -0.0649. The van der Waals surface area contributed by atoms with E-state index in [1.807, 2.05) is 4.98 Å². The Kier molecular flexibility index (Phi) is 16.7. The minimum atomic E-state index is -5.71. The fourth-order valence-corrected chi connectivity index (χ4v) is 11.6. The van der Waals surface area contributed by atoms with Gasteiger partial charge >= 0.3 is 40.5 Å². The molecule has 0 aliphatic carbocycles. The van der Waals surface area contributed by atoms with E-state index in [1.54, 1.807) is 0 Å². The lowest BCUT2D eigenvalue weighted by atomic mass is 10.1. The number of nitrogen functional groups attached to an aromatic ring is 3. The molecule has 0 spiro atoms. The average Bonchev–Trinajstić information content (AvgIpc) is 4.25. The van der Waals surface area contributed by atoms with E-state index in [0.717, 1.165) is 52.5 Å². The van der Waals surface area contributed by atoms with Gasteiger partial charge in [0.1, 0.15) is 96.7 Å². The fraction of sp³-hybridized carbons (Fsp3) is 0.541. The maximum absolute atomic E-state index is 13.9. The zero-order chi connectivity index (χ0) is 57.0. The highest BCUT2D eigenvalue weighted by molar-refractivity contribution is 7.48. The van der Waals surface area contributed by atoms with Crippen molar-refractivity contribution in [3.63, 3.8) is 0 Å².